The van der Waals surface area contributed by atoms with Gasteiger partial charge in [0, 0.05) is 17.8 Å². The van der Waals surface area contributed by atoms with Crippen molar-refractivity contribution >= 4 is 29.2 Å². The smallest absolute Gasteiger partial charge is 0.306 e. The highest BCUT2D eigenvalue weighted by atomic mass is 19.1. The van der Waals surface area contributed by atoms with Gasteiger partial charge in [-0.25, -0.2) is 4.39 Å². The third kappa shape index (κ3) is 8.54. The molecular weight excluding hydrogens is 463 g/mol. The summed E-state index contributed by atoms with van der Waals surface area (Å²) >= 11 is 0. The number of ether oxygens (including phenoxy) is 2. The van der Waals surface area contributed by atoms with Crippen molar-refractivity contribution in [2.45, 2.75) is 39.0 Å². The van der Waals surface area contributed by atoms with Gasteiger partial charge >= 0.3 is 5.97 Å². The van der Waals surface area contributed by atoms with Crippen LogP contribution in [0.3, 0.4) is 0 Å². The molecule has 0 aliphatic rings. The Kier molecular flexibility index (Phi) is 8.78. The summed E-state index contributed by atoms with van der Waals surface area (Å²) in [6.07, 6.45) is -0.280. The van der Waals surface area contributed by atoms with E-state index in [1.54, 1.807) is 24.3 Å². The molecule has 0 bridgehead atoms. The lowest BCUT2D eigenvalue weighted by Gasteiger charge is -2.19. The predicted molar refractivity (Wildman–Crippen MR) is 136 cm³/mol. The number of carbonyl (C=O) groups is 3. The van der Waals surface area contributed by atoms with Gasteiger partial charge in [0.25, 0.3) is 5.91 Å². The molecule has 7 nitrogen and oxygen atoms in total. The average molecular weight is 493 g/mol. The van der Waals surface area contributed by atoms with E-state index in [0.29, 0.717) is 22.9 Å². The van der Waals surface area contributed by atoms with Crippen LogP contribution in [0, 0.1) is 5.82 Å². The molecular formula is C28H29FN2O5. The molecule has 3 rings (SSSR count). The molecule has 0 radical (unpaired) electrons. The Morgan fingerprint density at radius 2 is 1.22 bits per heavy atom. The van der Waals surface area contributed by atoms with Crippen molar-refractivity contribution in [3.63, 3.8) is 0 Å². The molecule has 0 aliphatic carbocycles. The lowest BCUT2D eigenvalue weighted by atomic mass is 9.87. The van der Waals surface area contributed by atoms with Crippen molar-refractivity contribution < 1.29 is 28.2 Å². The van der Waals surface area contributed by atoms with Gasteiger partial charge in [0.15, 0.2) is 6.61 Å². The lowest BCUT2D eigenvalue weighted by molar-refractivity contribution is -0.147. The fourth-order valence-corrected chi connectivity index (χ4v) is 3.15. The zero-order chi connectivity index (χ0) is 26.1. The first-order valence-electron chi connectivity index (χ1n) is 11.5. The fourth-order valence-electron chi connectivity index (χ4n) is 3.15. The molecule has 36 heavy (non-hydrogen) atoms. The summed E-state index contributed by atoms with van der Waals surface area (Å²) in [5.74, 6) is -0.700. The topological polar surface area (TPSA) is 93.7 Å². The van der Waals surface area contributed by atoms with Crippen molar-refractivity contribution in [3.8, 4) is 11.5 Å². The van der Waals surface area contributed by atoms with Crippen molar-refractivity contribution in [1.82, 2.24) is 0 Å². The number of nitrogens with one attached hydrogen (secondary N) is 2. The van der Waals surface area contributed by atoms with Crippen LogP contribution >= 0.6 is 0 Å². The Morgan fingerprint density at radius 1 is 0.722 bits per heavy atom. The van der Waals surface area contributed by atoms with Crippen LogP contribution in [0.25, 0.3) is 0 Å². The Labute approximate surface area is 209 Å². The number of carbonyl (C=O) groups excluding carboxylic acids is 3. The maximum absolute atomic E-state index is 12.9. The van der Waals surface area contributed by atoms with E-state index in [4.69, 9.17) is 9.47 Å². The highest BCUT2D eigenvalue weighted by molar-refractivity contribution is 5.94. The minimum absolute atomic E-state index is 0.0644. The maximum atomic E-state index is 12.9. The number of hydrogen-bond acceptors (Lipinski definition) is 5. The van der Waals surface area contributed by atoms with Gasteiger partial charge in [0.2, 0.25) is 5.91 Å². The highest BCUT2D eigenvalue weighted by Crippen LogP contribution is 2.27. The summed E-state index contributed by atoms with van der Waals surface area (Å²) in [6.45, 7) is 5.94. The number of esters is 1. The standard InChI is InChI=1S/C28H29FN2O5/c1-28(2,3)19-4-12-23(13-5-19)36-24-14-10-22(11-15-24)30-25(32)16-17-27(34)35-18-26(33)31-21-8-6-20(29)7-9-21/h4-15H,16-18H2,1-3H3,(H,30,32)(H,31,33). The fraction of sp³-hybridized carbons (Fsp3) is 0.250. The average Bonchev–Trinajstić information content (AvgIpc) is 2.84. The van der Waals surface area contributed by atoms with Gasteiger partial charge in [-0.2, -0.15) is 0 Å². The molecule has 0 unspecified atom stereocenters. The number of hydrogen-bond donors (Lipinski definition) is 2. The minimum Gasteiger partial charge on any atom is -0.457 e. The van der Waals surface area contributed by atoms with Crippen molar-refractivity contribution in [2.75, 3.05) is 17.2 Å². The maximum Gasteiger partial charge on any atom is 0.306 e. The molecule has 0 spiro atoms. The summed E-state index contributed by atoms with van der Waals surface area (Å²) in [7, 11) is 0. The van der Waals surface area contributed by atoms with Crippen LogP contribution < -0.4 is 15.4 Å². The molecule has 188 valence electrons. The normalized spacial score (nSPS) is 10.9. The minimum atomic E-state index is -0.680. The third-order valence-corrected chi connectivity index (χ3v) is 5.14. The van der Waals surface area contributed by atoms with E-state index in [-0.39, 0.29) is 24.2 Å². The predicted octanol–water partition coefficient (Wildman–Crippen LogP) is 5.82. The highest BCUT2D eigenvalue weighted by Gasteiger charge is 2.14. The summed E-state index contributed by atoms with van der Waals surface area (Å²) < 4.78 is 23.6. The quantitative estimate of drug-likeness (QED) is 0.367. The summed E-state index contributed by atoms with van der Waals surface area (Å²) in [5, 5.41) is 5.18. The molecule has 0 fully saturated rings. The Hall–Kier alpha value is -4.20. The van der Waals surface area contributed by atoms with Crippen LogP contribution in [0.4, 0.5) is 15.8 Å². The Balaban J connectivity index is 1.37. The number of halogens is 1. The second-order valence-electron chi connectivity index (χ2n) is 9.16. The SMILES string of the molecule is CC(C)(C)c1ccc(Oc2ccc(NC(=O)CCC(=O)OCC(=O)Nc3ccc(F)cc3)cc2)cc1. The zero-order valence-electron chi connectivity index (χ0n) is 20.5. The van der Waals surface area contributed by atoms with Gasteiger partial charge in [-0.3, -0.25) is 14.4 Å². The molecule has 0 aromatic heterocycles. The zero-order valence-corrected chi connectivity index (χ0v) is 20.5. The van der Waals surface area contributed by atoms with Crippen LogP contribution in [-0.4, -0.2) is 24.4 Å². The van der Waals surface area contributed by atoms with Gasteiger partial charge in [-0.1, -0.05) is 32.9 Å². The third-order valence-electron chi connectivity index (χ3n) is 5.14. The summed E-state index contributed by atoms with van der Waals surface area (Å²) in [5.41, 5.74) is 2.22. The van der Waals surface area contributed by atoms with Crippen LogP contribution in [0.15, 0.2) is 72.8 Å². The molecule has 3 aromatic carbocycles. The van der Waals surface area contributed by atoms with Gasteiger partial charge < -0.3 is 20.1 Å². The number of anilines is 2. The molecule has 2 amide bonds. The Bertz CT molecular complexity index is 1180. The first-order valence-corrected chi connectivity index (χ1v) is 11.5. The number of rotatable bonds is 9. The van der Waals surface area contributed by atoms with Crippen molar-refractivity contribution in [1.29, 1.82) is 0 Å². The molecule has 0 heterocycles. The summed E-state index contributed by atoms with van der Waals surface area (Å²) in [4.78, 5) is 35.8. The monoisotopic (exact) mass is 492 g/mol. The molecule has 0 atom stereocenters. The molecule has 3 aromatic rings. The second-order valence-corrected chi connectivity index (χ2v) is 9.16. The van der Waals surface area contributed by atoms with Gasteiger partial charge in [-0.05, 0) is 71.6 Å². The number of benzene rings is 3. The number of amides is 2. The van der Waals surface area contributed by atoms with E-state index in [1.807, 2.05) is 24.3 Å². The largest absolute Gasteiger partial charge is 0.457 e. The summed E-state index contributed by atoms with van der Waals surface area (Å²) in [6, 6.07) is 20.0. The first kappa shape index (κ1) is 26.4. The van der Waals surface area contributed by atoms with Gasteiger partial charge in [0.1, 0.15) is 17.3 Å². The van der Waals surface area contributed by atoms with Crippen molar-refractivity contribution in [2.24, 2.45) is 0 Å². The van der Waals surface area contributed by atoms with E-state index < -0.39 is 24.3 Å². The van der Waals surface area contributed by atoms with E-state index in [2.05, 4.69) is 31.4 Å². The first-order chi connectivity index (χ1) is 17.1. The van der Waals surface area contributed by atoms with Crippen LogP contribution in [0.5, 0.6) is 11.5 Å². The lowest BCUT2D eigenvalue weighted by Crippen LogP contribution is -2.21. The molecule has 0 saturated heterocycles. The van der Waals surface area contributed by atoms with Crippen LogP contribution in [0.1, 0.15) is 39.2 Å². The van der Waals surface area contributed by atoms with Crippen LogP contribution in [-0.2, 0) is 24.5 Å². The van der Waals surface area contributed by atoms with E-state index in [1.165, 1.54) is 29.8 Å². The van der Waals surface area contributed by atoms with E-state index in [0.717, 1.165) is 0 Å². The molecule has 0 aliphatic heterocycles. The Morgan fingerprint density at radius 3 is 1.78 bits per heavy atom. The molecule has 2 N–H and O–H groups in total. The van der Waals surface area contributed by atoms with E-state index in [9.17, 15) is 18.8 Å². The van der Waals surface area contributed by atoms with Gasteiger partial charge in [-0.15, -0.1) is 0 Å². The molecule has 0 saturated carbocycles. The molecule has 8 heteroatoms. The van der Waals surface area contributed by atoms with E-state index >= 15 is 0 Å². The van der Waals surface area contributed by atoms with Crippen LogP contribution in [0.2, 0.25) is 0 Å². The van der Waals surface area contributed by atoms with Crippen molar-refractivity contribution in [3.05, 3.63) is 84.2 Å². The van der Waals surface area contributed by atoms with Gasteiger partial charge in [0.05, 0.1) is 6.42 Å². The second kappa shape index (κ2) is 12.0.